The van der Waals surface area contributed by atoms with E-state index in [0.717, 1.165) is 25.3 Å². The van der Waals surface area contributed by atoms with Crippen LogP contribution in [0.5, 0.6) is 5.75 Å². The van der Waals surface area contributed by atoms with Crippen molar-refractivity contribution in [1.82, 2.24) is 9.88 Å². The molecule has 0 radical (unpaired) electrons. The number of ether oxygens (including phenoxy) is 2. The number of nitrogens with one attached hydrogen (secondary N) is 1. The molecule has 0 aliphatic carbocycles. The van der Waals surface area contributed by atoms with Crippen molar-refractivity contribution in [2.75, 3.05) is 38.2 Å². The Kier molecular flexibility index (Phi) is 8.80. The Morgan fingerprint density at radius 3 is 2.45 bits per heavy atom. The van der Waals surface area contributed by atoms with Gasteiger partial charge in [0.1, 0.15) is 5.75 Å². The number of hydrogen-bond acceptors (Lipinski definition) is 6. The Balaban J connectivity index is 1.22. The molecule has 2 heterocycles. The van der Waals surface area contributed by atoms with Crippen LogP contribution >= 0.6 is 0 Å². The number of hydrogen-bond donors (Lipinski definition) is 2. The van der Waals surface area contributed by atoms with Gasteiger partial charge in [0.25, 0.3) is 5.91 Å². The molecule has 1 saturated heterocycles. The Morgan fingerprint density at radius 2 is 1.70 bits per heavy atom. The standard InChI is InChI=1S/C32H31N3O5/c36-31(34-27-9-11-28(12-10-27)40-16-13-23-5-2-1-3-6-23)25-8-4-7-24(19-25)26-20-29(32(37)38)30(33-21-26)22-35-14-17-39-18-15-35/h1-12,19-21H,13-18,22H2,(H,34,36)(H,37,38). The predicted octanol–water partition coefficient (Wildman–Crippen LogP) is 5.15. The third-order valence-electron chi connectivity index (χ3n) is 6.75. The number of morpholine rings is 1. The minimum Gasteiger partial charge on any atom is -0.493 e. The van der Waals surface area contributed by atoms with E-state index < -0.39 is 5.97 Å². The summed E-state index contributed by atoms with van der Waals surface area (Å²) in [6.07, 6.45) is 2.48. The molecule has 0 saturated carbocycles. The van der Waals surface area contributed by atoms with Crippen LogP contribution in [0.2, 0.25) is 0 Å². The summed E-state index contributed by atoms with van der Waals surface area (Å²) < 4.78 is 11.2. The second kappa shape index (κ2) is 13.0. The molecule has 8 nitrogen and oxygen atoms in total. The van der Waals surface area contributed by atoms with Crippen LogP contribution in [-0.2, 0) is 17.7 Å². The maximum atomic E-state index is 13.0. The van der Waals surface area contributed by atoms with Gasteiger partial charge in [0.2, 0.25) is 0 Å². The molecule has 2 N–H and O–H groups in total. The second-order valence-electron chi connectivity index (χ2n) is 9.56. The third-order valence-corrected chi connectivity index (χ3v) is 6.75. The molecule has 0 atom stereocenters. The van der Waals surface area contributed by atoms with Crippen molar-refractivity contribution in [3.8, 4) is 16.9 Å². The van der Waals surface area contributed by atoms with E-state index in [-0.39, 0.29) is 11.5 Å². The highest BCUT2D eigenvalue weighted by molar-refractivity contribution is 6.05. The van der Waals surface area contributed by atoms with Crippen molar-refractivity contribution in [3.05, 3.63) is 114 Å². The fourth-order valence-corrected chi connectivity index (χ4v) is 4.54. The molecule has 1 fully saturated rings. The number of pyridine rings is 1. The van der Waals surface area contributed by atoms with E-state index in [1.54, 1.807) is 42.6 Å². The topological polar surface area (TPSA) is 101 Å². The van der Waals surface area contributed by atoms with Gasteiger partial charge in [0.05, 0.1) is 31.1 Å². The van der Waals surface area contributed by atoms with Gasteiger partial charge in [0.15, 0.2) is 0 Å². The zero-order chi connectivity index (χ0) is 27.7. The van der Waals surface area contributed by atoms with Crippen molar-refractivity contribution in [1.29, 1.82) is 0 Å². The molecule has 204 valence electrons. The molecule has 1 aliphatic heterocycles. The molecular formula is C32H31N3O5. The molecule has 1 aromatic heterocycles. The van der Waals surface area contributed by atoms with E-state index >= 15 is 0 Å². The largest absolute Gasteiger partial charge is 0.493 e. The number of rotatable bonds is 10. The Labute approximate surface area is 233 Å². The first-order valence-corrected chi connectivity index (χ1v) is 13.3. The summed E-state index contributed by atoms with van der Waals surface area (Å²) in [5.41, 5.74) is 4.33. The number of aromatic carboxylic acids is 1. The van der Waals surface area contributed by atoms with Gasteiger partial charge in [-0.05, 0) is 53.6 Å². The minimum atomic E-state index is -1.03. The number of carbonyl (C=O) groups is 2. The van der Waals surface area contributed by atoms with Gasteiger partial charge >= 0.3 is 5.97 Å². The Morgan fingerprint density at radius 1 is 0.925 bits per heavy atom. The van der Waals surface area contributed by atoms with E-state index in [0.29, 0.717) is 54.4 Å². The quantitative estimate of drug-likeness (QED) is 0.288. The number of anilines is 1. The molecule has 0 unspecified atom stereocenters. The van der Waals surface area contributed by atoms with E-state index in [1.807, 2.05) is 36.4 Å². The molecule has 0 spiro atoms. The highest BCUT2D eigenvalue weighted by Gasteiger charge is 2.18. The summed E-state index contributed by atoms with van der Waals surface area (Å²) in [4.78, 5) is 31.6. The molecule has 0 bridgehead atoms. The van der Waals surface area contributed by atoms with Crippen molar-refractivity contribution < 1.29 is 24.2 Å². The van der Waals surface area contributed by atoms with Gasteiger partial charge in [-0.1, -0.05) is 42.5 Å². The number of carboxylic acids is 1. The second-order valence-corrected chi connectivity index (χ2v) is 9.56. The van der Waals surface area contributed by atoms with Gasteiger partial charge in [0, 0.05) is 49.1 Å². The molecule has 8 heteroatoms. The van der Waals surface area contributed by atoms with Crippen LogP contribution in [0.25, 0.3) is 11.1 Å². The third kappa shape index (κ3) is 7.11. The zero-order valence-electron chi connectivity index (χ0n) is 22.1. The molecule has 5 rings (SSSR count). The average molecular weight is 538 g/mol. The first kappa shape index (κ1) is 27.1. The lowest BCUT2D eigenvalue weighted by Gasteiger charge is -2.26. The lowest BCUT2D eigenvalue weighted by Crippen LogP contribution is -2.36. The van der Waals surface area contributed by atoms with E-state index in [2.05, 4.69) is 27.3 Å². The fraction of sp³-hybridized carbons (Fsp3) is 0.219. The number of carboxylic acid groups (broad SMARTS) is 1. The highest BCUT2D eigenvalue weighted by atomic mass is 16.5. The first-order chi connectivity index (χ1) is 19.5. The Bertz CT molecular complexity index is 1450. The monoisotopic (exact) mass is 537 g/mol. The summed E-state index contributed by atoms with van der Waals surface area (Å²) in [5, 5.41) is 12.7. The molecular weight excluding hydrogens is 506 g/mol. The van der Waals surface area contributed by atoms with Crippen molar-refractivity contribution >= 4 is 17.6 Å². The van der Waals surface area contributed by atoms with Crippen LogP contribution in [0.1, 0.15) is 32.0 Å². The Hall–Kier alpha value is -4.53. The highest BCUT2D eigenvalue weighted by Crippen LogP contribution is 2.24. The number of carbonyl (C=O) groups excluding carboxylic acids is 1. The lowest BCUT2D eigenvalue weighted by atomic mass is 10.0. The van der Waals surface area contributed by atoms with Gasteiger partial charge < -0.3 is 19.9 Å². The molecule has 1 amide bonds. The average Bonchev–Trinajstić information content (AvgIpc) is 2.99. The van der Waals surface area contributed by atoms with Crippen molar-refractivity contribution in [2.24, 2.45) is 0 Å². The minimum absolute atomic E-state index is 0.157. The summed E-state index contributed by atoms with van der Waals surface area (Å²) in [6, 6.07) is 26.1. The number of benzene rings is 3. The van der Waals surface area contributed by atoms with Gasteiger partial charge in [-0.15, -0.1) is 0 Å². The molecule has 1 aliphatic rings. The van der Waals surface area contributed by atoms with E-state index in [9.17, 15) is 14.7 Å². The van der Waals surface area contributed by atoms with Crippen LogP contribution in [0.3, 0.4) is 0 Å². The van der Waals surface area contributed by atoms with Gasteiger partial charge in [-0.2, -0.15) is 0 Å². The summed E-state index contributed by atoms with van der Waals surface area (Å²) in [6.45, 7) is 3.75. The van der Waals surface area contributed by atoms with Crippen LogP contribution < -0.4 is 10.1 Å². The smallest absolute Gasteiger partial charge is 0.337 e. The number of nitrogens with zero attached hydrogens (tertiary/aromatic N) is 2. The summed E-state index contributed by atoms with van der Waals surface area (Å²) >= 11 is 0. The predicted molar refractivity (Wildman–Crippen MR) is 153 cm³/mol. The van der Waals surface area contributed by atoms with Crippen LogP contribution in [-0.4, -0.2) is 59.8 Å². The first-order valence-electron chi connectivity index (χ1n) is 13.3. The van der Waals surface area contributed by atoms with Gasteiger partial charge in [-0.25, -0.2) is 4.79 Å². The van der Waals surface area contributed by atoms with Crippen molar-refractivity contribution in [3.63, 3.8) is 0 Å². The van der Waals surface area contributed by atoms with Gasteiger partial charge in [-0.3, -0.25) is 14.7 Å². The van der Waals surface area contributed by atoms with Crippen molar-refractivity contribution in [2.45, 2.75) is 13.0 Å². The van der Waals surface area contributed by atoms with Crippen LogP contribution in [0.15, 0.2) is 91.1 Å². The van der Waals surface area contributed by atoms with Crippen LogP contribution in [0, 0.1) is 0 Å². The maximum absolute atomic E-state index is 13.0. The molecule has 4 aromatic rings. The maximum Gasteiger partial charge on any atom is 0.337 e. The lowest BCUT2D eigenvalue weighted by molar-refractivity contribution is 0.0333. The summed E-state index contributed by atoms with van der Waals surface area (Å²) in [7, 11) is 0. The summed E-state index contributed by atoms with van der Waals surface area (Å²) in [5.74, 6) is -0.566. The fourth-order valence-electron chi connectivity index (χ4n) is 4.54. The normalized spacial score (nSPS) is 13.5. The van der Waals surface area contributed by atoms with E-state index in [4.69, 9.17) is 9.47 Å². The number of amides is 1. The SMILES string of the molecule is O=C(Nc1ccc(OCCc2ccccc2)cc1)c1cccc(-c2cnc(CN3CCOCC3)c(C(=O)O)c2)c1. The molecule has 40 heavy (non-hydrogen) atoms. The van der Waals surface area contributed by atoms with E-state index in [1.165, 1.54) is 5.56 Å². The number of aromatic nitrogens is 1. The zero-order valence-corrected chi connectivity index (χ0v) is 22.1. The molecule has 3 aromatic carbocycles. The van der Waals surface area contributed by atoms with Crippen LogP contribution in [0.4, 0.5) is 5.69 Å².